The molecule has 9 nitrogen and oxygen atoms in total. The molecule has 2 aromatic heterocycles. The first-order valence-electron chi connectivity index (χ1n) is 16.2. The molecule has 0 spiro atoms. The smallest absolute Gasteiger partial charge is 0.232 e. The number of anilines is 3. The molecule has 4 aromatic carbocycles. The maximum absolute atomic E-state index is 10.3. The Kier molecular flexibility index (Phi) is 11.8. The van der Waals surface area contributed by atoms with Crippen LogP contribution in [0.3, 0.4) is 0 Å². The predicted molar refractivity (Wildman–Crippen MR) is 195 cm³/mol. The number of aromatic hydroxyl groups is 1. The molecule has 0 fully saturated rings. The Morgan fingerprint density at radius 1 is 0.833 bits per heavy atom. The fraction of sp³-hybridized carbons (Fsp3) is 0.205. The van der Waals surface area contributed by atoms with E-state index in [0.29, 0.717) is 24.4 Å². The van der Waals surface area contributed by atoms with Gasteiger partial charge in [0.2, 0.25) is 12.1 Å². The summed E-state index contributed by atoms with van der Waals surface area (Å²) in [5.74, 6) is 1.85. The lowest BCUT2D eigenvalue weighted by Crippen LogP contribution is -2.22. The fourth-order valence-electron chi connectivity index (χ4n) is 5.46. The third kappa shape index (κ3) is 8.37. The van der Waals surface area contributed by atoms with Crippen LogP contribution < -0.4 is 16.0 Å². The van der Waals surface area contributed by atoms with E-state index in [4.69, 9.17) is 4.42 Å². The van der Waals surface area contributed by atoms with Crippen LogP contribution in [0.1, 0.15) is 25.0 Å². The topological polar surface area (TPSA) is 116 Å². The van der Waals surface area contributed by atoms with E-state index in [-0.39, 0.29) is 5.75 Å². The maximum atomic E-state index is 10.3. The molecule has 48 heavy (non-hydrogen) atoms. The molecule has 0 saturated carbocycles. The summed E-state index contributed by atoms with van der Waals surface area (Å²) >= 11 is 0. The summed E-state index contributed by atoms with van der Waals surface area (Å²) in [4.78, 5) is 21.5. The van der Waals surface area contributed by atoms with Crippen molar-refractivity contribution >= 4 is 34.7 Å². The van der Waals surface area contributed by atoms with Gasteiger partial charge in [-0.3, -0.25) is 9.69 Å². The van der Waals surface area contributed by atoms with E-state index in [1.165, 1.54) is 5.56 Å². The minimum absolute atomic E-state index is 0.267. The van der Waals surface area contributed by atoms with Gasteiger partial charge in [-0.05, 0) is 61.0 Å². The Bertz CT molecular complexity index is 1890. The Labute approximate surface area is 281 Å². The van der Waals surface area contributed by atoms with Crippen molar-refractivity contribution in [2.45, 2.75) is 26.8 Å². The summed E-state index contributed by atoms with van der Waals surface area (Å²) < 4.78 is 6.27. The van der Waals surface area contributed by atoms with Gasteiger partial charge in [0.1, 0.15) is 23.7 Å². The summed E-state index contributed by atoms with van der Waals surface area (Å²) in [7, 11) is 1.93. The molecule has 6 aromatic rings. The van der Waals surface area contributed by atoms with Gasteiger partial charge in [0, 0.05) is 48.2 Å². The highest BCUT2D eigenvalue weighted by Crippen LogP contribution is 2.42. The Morgan fingerprint density at radius 2 is 1.50 bits per heavy atom. The molecule has 0 aliphatic carbocycles. The fourth-order valence-corrected chi connectivity index (χ4v) is 5.46. The normalized spacial score (nSPS) is 10.8. The number of carbonyl (C=O) groups excluding carboxylic acids is 1. The van der Waals surface area contributed by atoms with E-state index in [1.807, 2.05) is 43.4 Å². The lowest BCUT2D eigenvalue weighted by molar-refractivity contribution is -0.105. The highest BCUT2D eigenvalue weighted by atomic mass is 16.3. The number of aromatic nitrogens is 2. The first-order chi connectivity index (χ1) is 23.5. The van der Waals surface area contributed by atoms with Gasteiger partial charge in [-0.25, -0.2) is 9.97 Å². The van der Waals surface area contributed by atoms with Crippen molar-refractivity contribution in [1.29, 1.82) is 0 Å². The molecule has 0 radical (unpaired) electrons. The number of carbonyl (C=O) groups is 1. The van der Waals surface area contributed by atoms with Crippen LogP contribution in [0.15, 0.2) is 114 Å². The Morgan fingerprint density at radius 3 is 2.15 bits per heavy atom. The summed E-state index contributed by atoms with van der Waals surface area (Å²) in [5, 5.41) is 19.8. The van der Waals surface area contributed by atoms with E-state index >= 15 is 0 Å². The monoisotopic (exact) mass is 642 g/mol. The molecule has 0 aliphatic heterocycles. The SMILES string of the molecule is CCN(CC)Cc1cc(NC=O)ccc1O.CNc1ccc(CCNc2ncnc3oc(-c4ccccc4)c(-c4ccccc4)c23)cc1. The van der Waals surface area contributed by atoms with E-state index < -0.39 is 0 Å². The van der Waals surface area contributed by atoms with Gasteiger partial charge in [0.15, 0.2) is 0 Å². The predicted octanol–water partition coefficient (Wildman–Crippen LogP) is 8.06. The van der Waals surface area contributed by atoms with Gasteiger partial charge < -0.3 is 25.5 Å². The number of nitrogens with one attached hydrogen (secondary N) is 3. The summed E-state index contributed by atoms with van der Waals surface area (Å²) in [5.41, 5.74) is 7.59. The van der Waals surface area contributed by atoms with E-state index in [0.717, 1.165) is 71.0 Å². The second kappa shape index (κ2) is 16.8. The molecule has 0 bridgehead atoms. The van der Waals surface area contributed by atoms with Gasteiger partial charge in [0.25, 0.3) is 0 Å². The van der Waals surface area contributed by atoms with Crippen LogP contribution in [0.2, 0.25) is 0 Å². The Balaban J connectivity index is 0.000000238. The minimum atomic E-state index is 0.267. The van der Waals surface area contributed by atoms with Crippen molar-refractivity contribution in [2.75, 3.05) is 42.6 Å². The van der Waals surface area contributed by atoms with Crippen LogP contribution >= 0.6 is 0 Å². The second-order valence-corrected chi connectivity index (χ2v) is 11.1. The summed E-state index contributed by atoms with van der Waals surface area (Å²) in [6.07, 6.45) is 3.08. The Hall–Kier alpha value is -5.67. The van der Waals surface area contributed by atoms with Gasteiger partial charge in [0.05, 0.1) is 5.39 Å². The number of hydrogen-bond acceptors (Lipinski definition) is 8. The first-order valence-corrected chi connectivity index (χ1v) is 16.2. The van der Waals surface area contributed by atoms with Crippen LogP contribution in [0.4, 0.5) is 17.2 Å². The quantitative estimate of drug-likeness (QED) is 0.0739. The lowest BCUT2D eigenvalue weighted by Gasteiger charge is -2.19. The number of rotatable bonds is 13. The van der Waals surface area contributed by atoms with Crippen molar-refractivity contribution in [3.63, 3.8) is 0 Å². The number of fused-ring (bicyclic) bond motifs is 1. The molecule has 2 heterocycles. The number of furan rings is 1. The maximum Gasteiger partial charge on any atom is 0.232 e. The zero-order valence-corrected chi connectivity index (χ0v) is 27.6. The molecule has 0 aliphatic rings. The summed E-state index contributed by atoms with van der Waals surface area (Å²) in [6, 6.07) is 34.0. The molecule has 1 amide bonds. The minimum Gasteiger partial charge on any atom is -0.508 e. The molecule has 9 heteroatoms. The third-order valence-corrected chi connectivity index (χ3v) is 8.13. The highest BCUT2D eigenvalue weighted by Gasteiger charge is 2.21. The number of hydrogen-bond donors (Lipinski definition) is 4. The van der Waals surface area contributed by atoms with Crippen molar-refractivity contribution in [2.24, 2.45) is 0 Å². The van der Waals surface area contributed by atoms with Crippen LogP contribution in [0.5, 0.6) is 5.75 Å². The number of amides is 1. The third-order valence-electron chi connectivity index (χ3n) is 8.13. The van der Waals surface area contributed by atoms with Gasteiger partial charge in [-0.1, -0.05) is 86.6 Å². The van der Waals surface area contributed by atoms with Gasteiger partial charge in [-0.15, -0.1) is 0 Å². The van der Waals surface area contributed by atoms with E-state index in [1.54, 1.807) is 24.5 Å². The van der Waals surface area contributed by atoms with Gasteiger partial charge >= 0.3 is 0 Å². The van der Waals surface area contributed by atoms with Crippen molar-refractivity contribution in [3.8, 4) is 28.2 Å². The number of phenolic OH excluding ortho intramolecular Hbond substituents is 1. The molecule has 246 valence electrons. The van der Waals surface area contributed by atoms with Crippen molar-refractivity contribution in [1.82, 2.24) is 14.9 Å². The molecule has 0 saturated heterocycles. The standard InChI is InChI=1S/C27H24N4O.C12H18N2O2/c1-28-22-14-12-19(13-15-22)16-17-29-26-24-23(20-8-4-2-5-9-20)25(21-10-6-3-7-11-21)32-27(24)31-18-30-26;1-3-14(4-2)8-10-7-11(13-9-15)5-6-12(10)16/h2-15,18,28H,16-17H2,1H3,(H,29,30,31);5-7,9,16H,3-4,8H2,1-2H3,(H,13,15). The molecule has 4 N–H and O–H groups in total. The lowest BCUT2D eigenvalue weighted by atomic mass is 9.99. The van der Waals surface area contributed by atoms with E-state index in [9.17, 15) is 9.90 Å². The average Bonchev–Trinajstić information content (AvgIpc) is 3.54. The number of benzene rings is 4. The number of nitrogens with zero attached hydrogens (tertiary/aromatic N) is 3. The summed E-state index contributed by atoms with van der Waals surface area (Å²) in [6.45, 7) is 7.46. The first kappa shape index (κ1) is 33.7. The second-order valence-electron chi connectivity index (χ2n) is 11.1. The van der Waals surface area contributed by atoms with Gasteiger partial charge in [-0.2, -0.15) is 0 Å². The van der Waals surface area contributed by atoms with Crippen molar-refractivity contribution in [3.05, 3.63) is 121 Å². The van der Waals surface area contributed by atoms with Crippen LogP contribution in [0.25, 0.3) is 33.6 Å². The van der Waals surface area contributed by atoms with Crippen LogP contribution in [-0.4, -0.2) is 53.1 Å². The molecule has 6 rings (SSSR count). The molecular formula is C39H42N6O3. The zero-order valence-electron chi connectivity index (χ0n) is 27.6. The molecular weight excluding hydrogens is 600 g/mol. The number of phenols is 1. The highest BCUT2D eigenvalue weighted by molar-refractivity contribution is 6.05. The van der Waals surface area contributed by atoms with Crippen LogP contribution in [-0.2, 0) is 17.8 Å². The largest absolute Gasteiger partial charge is 0.508 e. The van der Waals surface area contributed by atoms with Crippen molar-refractivity contribution < 1.29 is 14.3 Å². The zero-order chi connectivity index (χ0) is 33.7. The molecule has 0 unspecified atom stereocenters. The van der Waals surface area contributed by atoms with E-state index in [2.05, 4.69) is 93.2 Å². The average molecular weight is 643 g/mol. The van der Waals surface area contributed by atoms with Crippen LogP contribution in [0, 0.1) is 0 Å². The molecule has 0 atom stereocenters.